The molecule has 1 aromatic heterocycles. The molecule has 0 bridgehead atoms. The third kappa shape index (κ3) is 5.96. The molecule has 0 unspecified atom stereocenters. The van der Waals surface area contributed by atoms with Crippen molar-refractivity contribution in [1.29, 1.82) is 0 Å². The van der Waals surface area contributed by atoms with Gasteiger partial charge < -0.3 is 10.1 Å². The molecular weight excluding hydrogens is 351 g/mol. The van der Waals surface area contributed by atoms with Crippen molar-refractivity contribution in [3.05, 3.63) is 51.7 Å². The number of ether oxygens (including phenoxy) is 1. The Morgan fingerprint density at radius 2 is 2.13 bits per heavy atom. The van der Waals surface area contributed by atoms with Crippen LogP contribution in [0.4, 0.5) is 18.9 Å². The monoisotopic (exact) mass is 361 g/mol. The molecule has 23 heavy (non-hydrogen) atoms. The quantitative estimate of drug-likeness (QED) is 0.761. The van der Waals surface area contributed by atoms with Gasteiger partial charge in [0.15, 0.2) is 6.61 Å². The van der Waals surface area contributed by atoms with Gasteiger partial charge in [-0.3, -0.25) is 4.79 Å². The van der Waals surface area contributed by atoms with Gasteiger partial charge in [0.25, 0.3) is 0 Å². The average Bonchev–Trinajstić information content (AvgIpc) is 2.96. The molecule has 2 rings (SSSR count). The molecule has 0 radical (unpaired) electrons. The lowest BCUT2D eigenvalue weighted by Crippen LogP contribution is -2.20. The number of hydrogen-bond donors (Lipinski definition) is 1. The average molecular weight is 362 g/mol. The molecular formula is C15H11ClF3NO2S. The number of amides is 1. The molecule has 0 aliphatic carbocycles. The number of halogens is 4. The minimum Gasteiger partial charge on any atom is -0.482 e. The Balaban J connectivity index is 2.08. The first-order valence-electron chi connectivity index (χ1n) is 6.34. The van der Waals surface area contributed by atoms with Crippen molar-refractivity contribution in [3.8, 4) is 5.75 Å². The molecule has 2 aromatic rings. The summed E-state index contributed by atoms with van der Waals surface area (Å²) in [6.07, 6.45) is -1.61. The second-order valence-electron chi connectivity index (χ2n) is 4.42. The number of anilines is 1. The van der Waals surface area contributed by atoms with E-state index in [2.05, 4.69) is 10.1 Å². The highest BCUT2D eigenvalue weighted by Crippen LogP contribution is 2.29. The molecule has 0 saturated carbocycles. The van der Waals surface area contributed by atoms with E-state index in [1.165, 1.54) is 35.6 Å². The van der Waals surface area contributed by atoms with Crippen molar-refractivity contribution >= 4 is 40.6 Å². The normalized spacial score (nSPS) is 11.7. The van der Waals surface area contributed by atoms with E-state index in [4.69, 9.17) is 11.6 Å². The first kappa shape index (κ1) is 17.4. The number of hydrogen-bond acceptors (Lipinski definition) is 3. The van der Waals surface area contributed by atoms with E-state index in [0.717, 1.165) is 5.56 Å². The van der Waals surface area contributed by atoms with Gasteiger partial charge in [0.1, 0.15) is 5.75 Å². The van der Waals surface area contributed by atoms with Gasteiger partial charge in [-0.05, 0) is 46.7 Å². The Morgan fingerprint density at radius 3 is 2.78 bits per heavy atom. The summed E-state index contributed by atoms with van der Waals surface area (Å²) in [6.45, 7) is -1.46. The van der Waals surface area contributed by atoms with Crippen molar-refractivity contribution in [3.63, 3.8) is 0 Å². The van der Waals surface area contributed by atoms with E-state index in [-0.39, 0.29) is 16.5 Å². The van der Waals surface area contributed by atoms with Crippen LogP contribution in [0.5, 0.6) is 5.75 Å². The van der Waals surface area contributed by atoms with Crippen LogP contribution >= 0.6 is 22.9 Å². The summed E-state index contributed by atoms with van der Waals surface area (Å²) in [5.41, 5.74) is 0.923. The maximum atomic E-state index is 12.2. The number of carbonyl (C=O) groups is 1. The molecule has 8 heteroatoms. The largest absolute Gasteiger partial charge is 0.482 e. The molecule has 0 aliphatic heterocycles. The lowest BCUT2D eigenvalue weighted by atomic mass is 10.2. The lowest BCUT2D eigenvalue weighted by Gasteiger charge is -2.13. The minimum atomic E-state index is -4.47. The Morgan fingerprint density at radius 1 is 1.35 bits per heavy atom. The van der Waals surface area contributed by atoms with E-state index in [1.807, 2.05) is 16.8 Å². The highest BCUT2D eigenvalue weighted by molar-refractivity contribution is 7.08. The summed E-state index contributed by atoms with van der Waals surface area (Å²) in [4.78, 5) is 11.9. The van der Waals surface area contributed by atoms with Crippen LogP contribution in [0, 0.1) is 0 Å². The van der Waals surface area contributed by atoms with Gasteiger partial charge in [-0.15, -0.1) is 0 Å². The van der Waals surface area contributed by atoms with Gasteiger partial charge >= 0.3 is 6.18 Å². The summed E-state index contributed by atoms with van der Waals surface area (Å²) in [6, 6.07) is 5.80. The second-order valence-corrected chi connectivity index (χ2v) is 5.64. The van der Waals surface area contributed by atoms with Crippen LogP contribution in [-0.2, 0) is 4.79 Å². The maximum absolute atomic E-state index is 12.2. The highest BCUT2D eigenvalue weighted by Gasteiger charge is 2.28. The van der Waals surface area contributed by atoms with Crippen LogP contribution < -0.4 is 10.1 Å². The standard InChI is InChI=1S/C15H11ClF3NO2S/c16-11-2-3-13(22-9-15(17,18)19)12(7-11)20-14(21)4-1-10-5-6-23-8-10/h1-8H,9H2,(H,20,21)/b4-1+. The van der Waals surface area contributed by atoms with Crippen LogP contribution in [0.2, 0.25) is 5.02 Å². The molecule has 1 aromatic carbocycles. The van der Waals surface area contributed by atoms with E-state index in [9.17, 15) is 18.0 Å². The lowest BCUT2D eigenvalue weighted by molar-refractivity contribution is -0.153. The van der Waals surface area contributed by atoms with Gasteiger partial charge in [0.2, 0.25) is 5.91 Å². The van der Waals surface area contributed by atoms with E-state index in [1.54, 1.807) is 6.08 Å². The number of carbonyl (C=O) groups excluding carboxylic acids is 1. The molecule has 3 nitrogen and oxygen atoms in total. The molecule has 0 saturated heterocycles. The summed E-state index contributed by atoms with van der Waals surface area (Å²) in [5, 5.41) is 6.42. The van der Waals surface area contributed by atoms with Gasteiger partial charge in [-0.1, -0.05) is 11.6 Å². The molecule has 0 fully saturated rings. The Labute approximate surface area is 139 Å². The summed E-state index contributed by atoms with van der Waals surface area (Å²) >= 11 is 7.28. The molecule has 1 N–H and O–H groups in total. The molecule has 0 aliphatic rings. The topological polar surface area (TPSA) is 38.3 Å². The van der Waals surface area contributed by atoms with Crippen molar-refractivity contribution in [2.45, 2.75) is 6.18 Å². The SMILES string of the molecule is O=C(/C=C/c1ccsc1)Nc1cc(Cl)ccc1OCC(F)(F)F. The molecule has 122 valence electrons. The highest BCUT2D eigenvalue weighted by atomic mass is 35.5. The third-order valence-corrected chi connectivity index (χ3v) is 3.50. The number of thiophene rings is 1. The molecule has 0 spiro atoms. The van der Waals surface area contributed by atoms with E-state index in [0.29, 0.717) is 0 Å². The Bertz CT molecular complexity index is 699. The van der Waals surface area contributed by atoms with E-state index < -0.39 is 18.7 Å². The zero-order valence-electron chi connectivity index (χ0n) is 11.6. The van der Waals surface area contributed by atoms with Crippen LogP contribution in [0.1, 0.15) is 5.56 Å². The summed E-state index contributed by atoms with van der Waals surface area (Å²) < 4.78 is 41.4. The summed E-state index contributed by atoms with van der Waals surface area (Å²) in [5.74, 6) is -0.612. The third-order valence-electron chi connectivity index (χ3n) is 2.56. The van der Waals surface area contributed by atoms with E-state index >= 15 is 0 Å². The van der Waals surface area contributed by atoms with Crippen molar-refractivity contribution < 1.29 is 22.7 Å². The molecule has 1 heterocycles. The molecule has 1 amide bonds. The predicted molar refractivity (Wildman–Crippen MR) is 85.0 cm³/mol. The van der Waals surface area contributed by atoms with Crippen LogP contribution in [-0.4, -0.2) is 18.7 Å². The fourth-order valence-electron chi connectivity index (χ4n) is 1.60. The first-order valence-corrected chi connectivity index (χ1v) is 7.66. The second kappa shape index (κ2) is 7.52. The van der Waals surface area contributed by atoms with Gasteiger partial charge in [0, 0.05) is 11.1 Å². The van der Waals surface area contributed by atoms with Crippen LogP contribution in [0.3, 0.4) is 0 Å². The number of rotatable bonds is 5. The van der Waals surface area contributed by atoms with Gasteiger partial charge in [-0.25, -0.2) is 0 Å². The fourth-order valence-corrected chi connectivity index (χ4v) is 2.40. The summed E-state index contributed by atoms with van der Waals surface area (Å²) in [7, 11) is 0. The Kier molecular flexibility index (Phi) is 5.68. The van der Waals surface area contributed by atoms with Gasteiger partial charge in [0.05, 0.1) is 5.69 Å². The number of alkyl halides is 3. The van der Waals surface area contributed by atoms with Gasteiger partial charge in [-0.2, -0.15) is 24.5 Å². The molecule has 0 atom stereocenters. The van der Waals surface area contributed by atoms with Crippen molar-refractivity contribution in [1.82, 2.24) is 0 Å². The number of benzene rings is 1. The van der Waals surface area contributed by atoms with Crippen molar-refractivity contribution in [2.75, 3.05) is 11.9 Å². The predicted octanol–water partition coefficient (Wildman–Crippen LogP) is 4.99. The van der Waals surface area contributed by atoms with Crippen LogP contribution in [0.15, 0.2) is 41.1 Å². The zero-order chi connectivity index (χ0) is 16.9. The number of nitrogens with one attached hydrogen (secondary N) is 1. The van der Waals surface area contributed by atoms with Crippen molar-refractivity contribution in [2.24, 2.45) is 0 Å². The zero-order valence-corrected chi connectivity index (χ0v) is 13.1. The fraction of sp³-hybridized carbons (Fsp3) is 0.133. The Hall–Kier alpha value is -1.99. The first-order chi connectivity index (χ1) is 10.8. The minimum absolute atomic E-state index is 0.0710. The van der Waals surface area contributed by atoms with Crippen LogP contribution in [0.25, 0.3) is 6.08 Å². The maximum Gasteiger partial charge on any atom is 0.422 e. The smallest absolute Gasteiger partial charge is 0.422 e.